The van der Waals surface area contributed by atoms with Gasteiger partial charge in [0.05, 0.1) is 6.10 Å². The first-order valence-corrected chi connectivity index (χ1v) is 4.38. The van der Waals surface area contributed by atoms with Crippen molar-refractivity contribution in [3.05, 3.63) is 29.1 Å². The molecule has 1 unspecified atom stereocenters. The molecule has 0 amide bonds. The van der Waals surface area contributed by atoms with E-state index in [-0.39, 0.29) is 12.1 Å². The average molecular weight is 199 g/mol. The molecule has 0 bridgehead atoms. The van der Waals surface area contributed by atoms with Crippen LogP contribution in [0.5, 0.6) is 5.75 Å². The number of benzene rings is 1. The summed E-state index contributed by atoms with van der Waals surface area (Å²) in [4.78, 5) is 0. The smallest absolute Gasteiger partial charge is 0.170 e. The maximum Gasteiger partial charge on any atom is 0.170 e. The molecule has 0 aromatic heterocycles. The zero-order chi connectivity index (χ0) is 10.7. The van der Waals surface area contributed by atoms with Crippen LogP contribution in [0.3, 0.4) is 0 Å². The number of hydrogen-bond acceptors (Lipinski definition) is 3. The molecule has 0 fully saturated rings. The largest absolute Gasteiger partial charge is 0.505 e. The van der Waals surface area contributed by atoms with Gasteiger partial charge in [-0.25, -0.2) is 4.39 Å². The van der Waals surface area contributed by atoms with Crippen LogP contribution in [-0.4, -0.2) is 23.8 Å². The SMILES string of the molecule is CNCC(O)c1cc(C)cc(O)c1F. The predicted molar refractivity (Wildman–Crippen MR) is 51.7 cm³/mol. The fraction of sp³-hybridized carbons (Fsp3) is 0.400. The fourth-order valence-corrected chi connectivity index (χ4v) is 1.32. The second-order valence-corrected chi connectivity index (χ2v) is 3.26. The van der Waals surface area contributed by atoms with Crippen LogP contribution >= 0.6 is 0 Å². The molecule has 0 heterocycles. The van der Waals surface area contributed by atoms with Gasteiger partial charge in [-0.1, -0.05) is 6.07 Å². The van der Waals surface area contributed by atoms with Crippen LogP contribution in [0.1, 0.15) is 17.2 Å². The number of aliphatic hydroxyl groups excluding tert-OH is 1. The molecule has 0 aliphatic heterocycles. The molecule has 0 aliphatic rings. The summed E-state index contributed by atoms with van der Waals surface area (Å²) >= 11 is 0. The molecule has 1 aromatic rings. The maximum absolute atomic E-state index is 13.3. The Morgan fingerprint density at radius 3 is 2.71 bits per heavy atom. The Hall–Kier alpha value is -1.13. The number of likely N-dealkylation sites (N-methyl/N-ethyl adjacent to an activating group) is 1. The molecular formula is C10H14FNO2. The van der Waals surface area contributed by atoms with Gasteiger partial charge in [0.1, 0.15) is 0 Å². The number of halogens is 1. The van der Waals surface area contributed by atoms with Crippen molar-refractivity contribution in [2.75, 3.05) is 13.6 Å². The highest BCUT2D eigenvalue weighted by atomic mass is 19.1. The molecule has 1 atom stereocenters. The van der Waals surface area contributed by atoms with Gasteiger partial charge in [0.25, 0.3) is 0 Å². The van der Waals surface area contributed by atoms with E-state index in [0.29, 0.717) is 5.56 Å². The molecule has 78 valence electrons. The molecule has 0 radical (unpaired) electrons. The Balaban J connectivity index is 3.07. The van der Waals surface area contributed by atoms with Crippen LogP contribution in [-0.2, 0) is 0 Å². The Morgan fingerprint density at radius 2 is 2.14 bits per heavy atom. The Morgan fingerprint density at radius 1 is 1.50 bits per heavy atom. The van der Waals surface area contributed by atoms with Crippen molar-refractivity contribution in [3.63, 3.8) is 0 Å². The highest BCUT2D eigenvalue weighted by Gasteiger charge is 2.15. The van der Waals surface area contributed by atoms with E-state index in [1.165, 1.54) is 12.1 Å². The molecule has 4 heteroatoms. The van der Waals surface area contributed by atoms with Crippen molar-refractivity contribution in [1.82, 2.24) is 5.32 Å². The number of aliphatic hydroxyl groups is 1. The number of nitrogens with one attached hydrogen (secondary N) is 1. The van der Waals surface area contributed by atoms with Crippen LogP contribution in [0.25, 0.3) is 0 Å². The van der Waals surface area contributed by atoms with Gasteiger partial charge in [-0.15, -0.1) is 0 Å². The molecule has 1 rings (SSSR count). The van der Waals surface area contributed by atoms with E-state index in [2.05, 4.69) is 5.32 Å². The van der Waals surface area contributed by atoms with Crippen molar-refractivity contribution >= 4 is 0 Å². The summed E-state index contributed by atoms with van der Waals surface area (Å²) in [6.45, 7) is 1.98. The van der Waals surface area contributed by atoms with Crippen molar-refractivity contribution in [2.45, 2.75) is 13.0 Å². The average Bonchev–Trinajstić information content (AvgIpc) is 2.11. The fourth-order valence-electron chi connectivity index (χ4n) is 1.32. The molecule has 1 aromatic carbocycles. The van der Waals surface area contributed by atoms with Gasteiger partial charge in [0, 0.05) is 12.1 Å². The minimum Gasteiger partial charge on any atom is -0.505 e. The van der Waals surface area contributed by atoms with Gasteiger partial charge < -0.3 is 15.5 Å². The maximum atomic E-state index is 13.3. The Labute approximate surface area is 82.2 Å². The molecule has 0 spiro atoms. The normalized spacial score (nSPS) is 12.9. The van der Waals surface area contributed by atoms with Crippen LogP contribution in [0.15, 0.2) is 12.1 Å². The van der Waals surface area contributed by atoms with Gasteiger partial charge in [0.15, 0.2) is 11.6 Å². The third-order valence-corrected chi connectivity index (χ3v) is 1.98. The lowest BCUT2D eigenvalue weighted by atomic mass is 10.1. The summed E-state index contributed by atoms with van der Waals surface area (Å²) in [6, 6.07) is 2.85. The lowest BCUT2D eigenvalue weighted by Gasteiger charge is -2.12. The van der Waals surface area contributed by atoms with E-state index < -0.39 is 17.7 Å². The van der Waals surface area contributed by atoms with Crippen LogP contribution < -0.4 is 5.32 Å². The number of hydrogen-bond donors (Lipinski definition) is 3. The van der Waals surface area contributed by atoms with E-state index in [1.54, 1.807) is 14.0 Å². The van der Waals surface area contributed by atoms with E-state index >= 15 is 0 Å². The molecule has 0 saturated carbocycles. The lowest BCUT2D eigenvalue weighted by Crippen LogP contribution is -2.17. The van der Waals surface area contributed by atoms with Crippen molar-refractivity contribution in [1.29, 1.82) is 0 Å². The number of aryl methyl sites for hydroxylation is 1. The van der Waals surface area contributed by atoms with Gasteiger partial charge in [-0.3, -0.25) is 0 Å². The second-order valence-electron chi connectivity index (χ2n) is 3.26. The second kappa shape index (κ2) is 4.39. The number of rotatable bonds is 3. The van der Waals surface area contributed by atoms with Crippen molar-refractivity contribution in [3.8, 4) is 5.75 Å². The molecule has 0 saturated heterocycles. The number of phenols is 1. The summed E-state index contributed by atoms with van der Waals surface area (Å²) < 4.78 is 13.3. The molecule has 3 nitrogen and oxygen atoms in total. The summed E-state index contributed by atoms with van der Waals surface area (Å²) in [7, 11) is 1.66. The highest BCUT2D eigenvalue weighted by Crippen LogP contribution is 2.25. The number of phenolic OH excluding ortho intramolecular Hbond substituents is 1. The van der Waals surface area contributed by atoms with Crippen LogP contribution in [0, 0.1) is 12.7 Å². The Kier molecular flexibility index (Phi) is 3.43. The van der Waals surface area contributed by atoms with E-state index in [1.807, 2.05) is 0 Å². The zero-order valence-electron chi connectivity index (χ0n) is 8.21. The highest BCUT2D eigenvalue weighted by molar-refractivity contribution is 5.36. The summed E-state index contributed by atoms with van der Waals surface area (Å²) in [6.07, 6.45) is -0.939. The van der Waals surface area contributed by atoms with Crippen molar-refractivity contribution < 1.29 is 14.6 Å². The summed E-state index contributed by atoms with van der Waals surface area (Å²) in [5, 5.41) is 21.5. The van der Waals surface area contributed by atoms with Gasteiger partial charge in [0.2, 0.25) is 0 Å². The molecule has 0 aliphatic carbocycles. The lowest BCUT2D eigenvalue weighted by molar-refractivity contribution is 0.172. The minimum atomic E-state index is -0.939. The van der Waals surface area contributed by atoms with E-state index in [4.69, 9.17) is 0 Å². The quantitative estimate of drug-likeness (QED) is 0.683. The molecule has 14 heavy (non-hydrogen) atoms. The summed E-state index contributed by atoms with van der Waals surface area (Å²) in [5.41, 5.74) is 0.839. The van der Waals surface area contributed by atoms with E-state index in [9.17, 15) is 14.6 Å². The summed E-state index contributed by atoms with van der Waals surface area (Å²) in [5.74, 6) is -1.17. The van der Waals surface area contributed by atoms with Gasteiger partial charge >= 0.3 is 0 Å². The predicted octanol–water partition coefficient (Wildman–Crippen LogP) is 1.09. The molecule has 3 N–H and O–H groups in total. The first-order valence-electron chi connectivity index (χ1n) is 4.38. The van der Waals surface area contributed by atoms with Gasteiger partial charge in [-0.2, -0.15) is 0 Å². The Bertz CT molecular complexity index is 328. The monoisotopic (exact) mass is 199 g/mol. The third-order valence-electron chi connectivity index (χ3n) is 1.98. The van der Waals surface area contributed by atoms with E-state index in [0.717, 1.165) is 0 Å². The third kappa shape index (κ3) is 2.21. The topological polar surface area (TPSA) is 52.5 Å². The molecular weight excluding hydrogens is 185 g/mol. The number of aromatic hydroxyl groups is 1. The standard InChI is InChI=1S/C10H14FNO2/c1-6-3-7(9(14)5-12-2)10(11)8(13)4-6/h3-4,9,12-14H,5H2,1-2H3. The van der Waals surface area contributed by atoms with Crippen LogP contribution in [0.4, 0.5) is 4.39 Å². The zero-order valence-corrected chi connectivity index (χ0v) is 8.21. The van der Waals surface area contributed by atoms with Crippen LogP contribution in [0.2, 0.25) is 0 Å². The first kappa shape index (κ1) is 10.9. The van der Waals surface area contributed by atoms with Gasteiger partial charge in [-0.05, 0) is 25.6 Å². The van der Waals surface area contributed by atoms with Crippen molar-refractivity contribution in [2.24, 2.45) is 0 Å². The first-order chi connectivity index (χ1) is 6.56. The minimum absolute atomic E-state index is 0.122.